The van der Waals surface area contributed by atoms with Gasteiger partial charge in [0.1, 0.15) is 5.76 Å². The van der Waals surface area contributed by atoms with Gasteiger partial charge in [-0.3, -0.25) is 14.4 Å². The number of nitrogens with zero attached hydrogens (tertiary/aromatic N) is 2. The van der Waals surface area contributed by atoms with Crippen LogP contribution in [0.1, 0.15) is 37.9 Å². The Kier molecular flexibility index (Phi) is 4.46. The fraction of sp³-hybridized carbons (Fsp3) is 0.632. The van der Waals surface area contributed by atoms with Gasteiger partial charge >= 0.3 is 0 Å². The lowest BCUT2D eigenvalue weighted by atomic mass is 9.72. The lowest BCUT2D eigenvalue weighted by Gasteiger charge is -2.47. The summed E-state index contributed by atoms with van der Waals surface area (Å²) >= 11 is 0. The van der Waals surface area contributed by atoms with Crippen LogP contribution in [-0.4, -0.2) is 53.7 Å². The van der Waals surface area contributed by atoms with Crippen molar-refractivity contribution >= 4 is 17.7 Å². The summed E-state index contributed by atoms with van der Waals surface area (Å²) in [6.07, 6.45) is 5.23. The standard InChI is InChI=1S/C19H25N3O4/c23-16-10-14(11-20-16)18(25)21-7-5-19(6-8-21)4-3-17(24)22(13-19)12-15-2-1-9-26-15/h1-2,9,14H,3-8,10-13H2,(H,20,23)/t14-/m0/s1. The van der Waals surface area contributed by atoms with Gasteiger partial charge in [-0.2, -0.15) is 0 Å². The molecule has 0 aliphatic carbocycles. The predicted octanol–water partition coefficient (Wildman–Crippen LogP) is 1.15. The van der Waals surface area contributed by atoms with Gasteiger partial charge in [-0.05, 0) is 36.8 Å². The van der Waals surface area contributed by atoms with Crippen molar-refractivity contribution in [2.24, 2.45) is 11.3 Å². The van der Waals surface area contributed by atoms with E-state index < -0.39 is 0 Å². The third-order valence-electron chi connectivity index (χ3n) is 6.14. The second-order valence-electron chi connectivity index (χ2n) is 7.86. The lowest BCUT2D eigenvalue weighted by molar-refractivity contribution is -0.144. The predicted molar refractivity (Wildman–Crippen MR) is 92.7 cm³/mol. The summed E-state index contributed by atoms with van der Waals surface area (Å²) < 4.78 is 5.39. The number of carbonyl (C=O) groups excluding carboxylic acids is 3. The lowest BCUT2D eigenvalue weighted by Crippen LogP contribution is -2.52. The van der Waals surface area contributed by atoms with Crippen LogP contribution in [0.5, 0.6) is 0 Å². The molecule has 3 fully saturated rings. The fourth-order valence-electron chi connectivity index (χ4n) is 4.48. The molecule has 1 atom stereocenters. The molecule has 0 radical (unpaired) electrons. The highest BCUT2D eigenvalue weighted by atomic mass is 16.3. The maximum atomic E-state index is 12.6. The number of piperidine rings is 2. The first kappa shape index (κ1) is 17.1. The summed E-state index contributed by atoms with van der Waals surface area (Å²) in [6, 6.07) is 3.74. The molecule has 1 aromatic rings. The third-order valence-corrected chi connectivity index (χ3v) is 6.14. The molecular weight excluding hydrogens is 334 g/mol. The largest absolute Gasteiger partial charge is 0.467 e. The minimum absolute atomic E-state index is 0.0313. The van der Waals surface area contributed by atoms with E-state index in [0.717, 1.165) is 31.6 Å². The van der Waals surface area contributed by atoms with Crippen molar-refractivity contribution in [2.75, 3.05) is 26.2 Å². The van der Waals surface area contributed by atoms with Crippen molar-refractivity contribution in [1.82, 2.24) is 15.1 Å². The summed E-state index contributed by atoms with van der Waals surface area (Å²) in [5.74, 6) is 0.844. The Labute approximate surface area is 152 Å². The van der Waals surface area contributed by atoms with E-state index in [1.165, 1.54) is 0 Å². The van der Waals surface area contributed by atoms with Crippen molar-refractivity contribution in [3.8, 4) is 0 Å². The number of hydrogen-bond donors (Lipinski definition) is 1. The van der Waals surface area contributed by atoms with Crippen LogP contribution in [-0.2, 0) is 20.9 Å². The van der Waals surface area contributed by atoms with Crippen LogP contribution in [0.4, 0.5) is 0 Å². The molecular formula is C19H25N3O4. The molecule has 7 heteroatoms. The van der Waals surface area contributed by atoms with Gasteiger partial charge in [-0.25, -0.2) is 0 Å². The summed E-state index contributed by atoms with van der Waals surface area (Å²) in [7, 11) is 0. The van der Waals surface area contributed by atoms with Gasteiger partial charge in [0, 0.05) is 39.0 Å². The Hall–Kier alpha value is -2.31. The van der Waals surface area contributed by atoms with Crippen LogP contribution >= 0.6 is 0 Å². The van der Waals surface area contributed by atoms with E-state index in [-0.39, 0.29) is 29.1 Å². The van der Waals surface area contributed by atoms with Crippen LogP contribution in [0.15, 0.2) is 22.8 Å². The SMILES string of the molecule is O=C1C[C@H](C(=O)N2CCC3(CCC(=O)N(Cc4ccco4)C3)CC2)CN1. The highest BCUT2D eigenvalue weighted by molar-refractivity contribution is 5.89. The summed E-state index contributed by atoms with van der Waals surface area (Å²) in [6.45, 7) is 3.15. The van der Waals surface area contributed by atoms with Crippen molar-refractivity contribution in [3.63, 3.8) is 0 Å². The van der Waals surface area contributed by atoms with Crippen LogP contribution in [0.3, 0.4) is 0 Å². The zero-order chi connectivity index (χ0) is 18.1. The summed E-state index contributed by atoms with van der Waals surface area (Å²) in [5, 5.41) is 2.74. The first-order valence-electron chi connectivity index (χ1n) is 9.40. The van der Waals surface area contributed by atoms with E-state index in [4.69, 9.17) is 4.42 Å². The summed E-state index contributed by atoms with van der Waals surface area (Å²) in [5.41, 5.74) is 0.0982. The second kappa shape index (κ2) is 6.78. The third kappa shape index (κ3) is 3.34. The topological polar surface area (TPSA) is 82.9 Å². The average Bonchev–Trinajstić information content (AvgIpc) is 3.30. The van der Waals surface area contributed by atoms with Gasteiger partial charge < -0.3 is 19.5 Å². The van der Waals surface area contributed by atoms with Crippen LogP contribution in [0.25, 0.3) is 0 Å². The first-order chi connectivity index (χ1) is 12.5. The van der Waals surface area contributed by atoms with E-state index in [0.29, 0.717) is 39.0 Å². The quantitative estimate of drug-likeness (QED) is 0.878. The molecule has 7 nitrogen and oxygen atoms in total. The molecule has 0 bridgehead atoms. The van der Waals surface area contributed by atoms with Gasteiger partial charge in [0.2, 0.25) is 17.7 Å². The normalized spacial score (nSPS) is 25.6. The number of carbonyl (C=O) groups is 3. The molecule has 0 saturated carbocycles. The zero-order valence-electron chi connectivity index (χ0n) is 14.9. The number of rotatable bonds is 3. The molecule has 4 rings (SSSR count). The van der Waals surface area contributed by atoms with Crippen molar-refractivity contribution in [3.05, 3.63) is 24.2 Å². The number of likely N-dealkylation sites (tertiary alicyclic amines) is 2. The monoisotopic (exact) mass is 359 g/mol. The van der Waals surface area contributed by atoms with Gasteiger partial charge in [0.05, 0.1) is 18.7 Å². The minimum atomic E-state index is -0.208. The van der Waals surface area contributed by atoms with Gasteiger partial charge in [-0.15, -0.1) is 0 Å². The highest BCUT2D eigenvalue weighted by Gasteiger charge is 2.43. The zero-order valence-corrected chi connectivity index (χ0v) is 14.9. The number of nitrogens with one attached hydrogen (secondary N) is 1. The molecule has 26 heavy (non-hydrogen) atoms. The maximum Gasteiger partial charge on any atom is 0.227 e. The molecule has 1 aromatic heterocycles. The van der Waals surface area contributed by atoms with Gasteiger partial charge in [-0.1, -0.05) is 0 Å². The Morgan fingerprint density at radius 3 is 2.73 bits per heavy atom. The Morgan fingerprint density at radius 1 is 1.27 bits per heavy atom. The number of hydrogen-bond acceptors (Lipinski definition) is 4. The van der Waals surface area contributed by atoms with E-state index in [1.54, 1.807) is 6.26 Å². The maximum absolute atomic E-state index is 12.6. The molecule has 4 heterocycles. The summed E-state index contributed by atoms with van der Waals surface area (Å²) in [4.78, 5) is 40.1. The van der Waals surface area contributed by atoms with Gasteiger partial charge in [0.25, 0.3) is 0 Å². The number of amides is 3. The molecule has 3 aliphatic rings. The van der Waals surface area contributed by atoms with Gasteiger partial charge in [0.15, 0.2) is 0 Å². The smallest absolute Gasteiger partial charge is 0.227 e. The Morgan fingerprint density at radius 2 is 2.08 bits per heavy atom. The fourth-order valence-corrected chi connectivity index (χ4v) is 4.48. The number of furan rings is 1. The van der Waals surface area contributed by atoms with E-state index >= 15 is 0 Å². The molecule has 1 N–H and O–H groups in total. The Balaban J connectivity index is 1.36. The van der Waals surface area contributed by atoms with Crippen molar-refractivity contribution in [1.29, 1.82) is 0 Å². The van der Waals surface area contributed by atoms with Crippen LogP contribution in [0.2, 0.25) is 0 Å². The first-order valence-corrected chi connectivity index (χ1v) is 9.40. The van der Waals surface area contributed by atoms with Crippen molar-refractivity contribution < 1.29 is 18.8 Å². The van der Waals surface area contributed by atoms with Crippen LogP contribution in [0, 0.1) is 11.3 Å². The molecule has 3 saturated heterocycles. The van der Waals surface area contributed by atoms with E-state index in [9.17, 15) is 14.4 Å². The minimum Gasteiger partial charge on any atom is -0.467 e. The van der Waals surface area contributed by atoms with E-state index in [2.05, 4.69) is 5.32 Å². The van der Waals surface area contributed by atoms with Crippen molar-refractivity contribution in [2.45, 2.75) is 38.6 Å². The van der Waals surface area contributed by atoms with Crippen LogP contribution < -0.4 is 5.32 Å². The average molecular weight is 359 g/mol. The molecule has 3 amide bonds. The molecule has 140 valence electrons. The molecule has 0 unspecified atom stereocenters. The Bertz CT molecular complexity index is 692. The molecule has 0 aromatic carbocycles. The molecule has 3 aliphatic heterocycles. The van der Waals surface area contributed by atoms with E-state index in [1.807, 2.05) is 21.9 Å². The highest BCUT2D eigenvalue weighted by Crippen LogP contribution is 2.41. The molecule has 1 spiro atoms. The second-order valence-corrected chi connectivity index (χ2v) is 7.86.